The Morgan fingerprint density at radius 2 is 2.12 bits per heavy atom. The maximum absolute atomic E-state index is 6.14. The molecule has 0 bridgehead atoms. The zero-order valence-corrected chi connectivity index (χ0v) is 11.7. The predicted octanol–water partition coefficient (Wildman–Crippen LogP) is 4.31. The van der Waals surface area contributed by atoms with Gasteiger partial charge in [-0.1, -0.05) is 42.6 Å². The van der Waals surface area contributed by atoms with Crippen LogP contribution in [-0.4, -0.2) is 12.6 Å². The lowest BCUT2D eigenvalue weighted by molar-refractivity contribution is 0.430. The van der Waals surface area contributed by atoms with Gasteiger partial charge in [0.15, 0.2) is 0 Å². The summed E-state index contributed by atoms with van der Waals surface area (Å²) in [6.45, 7) is 3.33. The fourth-order valence-electron chi connectivity index (χ4n) is 2.57. The molecule has 94 valence electrons. The van der Waals surface area contributed by atoms with Gasteiger partial charge in [0, 0.05) is 16.1 Å². The van der Waals surface area contributed by atoms with Crippen LogP contribution in [0.3, 0.4) is 0 Å². The number of hydrogen-bond acceptors (Lipinski definition) is 1. The molecule has 1 aliphatic carbocycles. The third-order valence-corrected chi connectivity index (χ3v) is 4.26. The van der Waals surface area contributed by atoms with Crippen molar-refractivity contribution in [2.24, 2.45) is 5.92 Å². The van der Waals surface area contributed by atoms with Gasteiger partial charge in [0.05, 0.1) is 0 Å². The average molecular weight is 272 g/mol. The van der Waals surface area contributed by atoms with E-state index in [4.69, 9.17) is 23.2 Å². The summed E-state index contributed by atoms with van der Waals surface area (Å²) >= 11 is 12.0. The van der Waals surface area contributed by atoms with E-state index in [0.29, 0.717) is 11.1 Å². The van der Waals surface area contributed by atoms with Gasteiger partial charge in [-0.05, 0) is 49.4 Å². The summed E-state index contributed by atoms with van der Waals surface area (Å²) in [5.41, 5.74) is 1.18. The molecule has 1 fully saturated rings. The van der Waals surface area contributed by atoms with Gasteiger partial charge < -0.3 is 5.32 Å². The number of hydrogen-bond donors (Lipinski definition) is 1. The minimum absolute atomic E-state index is 0.695. The van der Waals surface area contributed by atoms with Crippen LogP contribution < -0.4 is 5.32 Å². The molecule has 0 heterocycles. The molecule has 0 aliphatic heterocycles. The van der Waals surface area contributed by atoms with Crippen LogP contribution in [0.5, 0.6) is 0 Å². The van der Waals surface area contributed by atoms with Gasteiger partial charge in [0.25, 0.3) is 0 Å². The monoisotopic (exact) mass is 271 g/mol. The van der Waals surface area contributed by atoms with Crippen molar-refractivity contribution < 1.29 is 0 Å². The van der Waals surface area contributed by atoms with Gasteiger partial charge in [-0.15, -0.1) is 0 Å². The van der Waals surface area contributed by atoms with Crippen molar-refractivity contribution in [3.63, 3.8) is 0 Å². The third kappa shape index (κ3) is 3.61. The Bertz CT molecular complexity index is 378. The van der Waals surface area contributed by atoms with Gasteiger partial charge in [-0.2, -0.15) is 0 Å². The van der Waals surface area contributed by atoms with Gasteiger partial charge in [-0.25, -0.2) is 0 Å². The Labute approximate surface area is 114 Å². The lowest BCUT2D eigenvalue weighted by atomic mass is 10.1. The van der Waals surface area contributed by atoms with Crippen LogP contribution >= 0.6 is 23.2 Å². The maximum atomic E-state index is 6.14. The van der Waals surface area contributed by atoms with E-state index >= 15 is 0 Å². The van der Waals surface area contributed by atoms with E-state index in [9.17, 15) is 0 Å². The third-order valence-electron chi connectivity index (χ3n) is 3.68. The van der Waals surface area contributed by atoms with Crippen molar-refractivity contribution in [2.45, 2.75) is 38.6 Å². The summed E-state index contributed by atoms with van der Waals surface area (Å²) in [6, 6.07) is 6.43. The fraction of sp³-hybridized carbons (Fsp3) is 0.571. The Balaban J connectivity index is 1.81. The number of nitrogens with one attached hydrogen (secondary N) is 1. The maximum Gasteiger partial charge on any atom is 0.0453 e. The average Bonchev–Trinajstić information content (AvgIpc) is 2.68. The van der Waals surface area contributed by atoms with Gasteiger partial charge in [-0.3, -0.25) is 0 Å². The Morgan fingerprint density at radius 1 is 1.29 bits per heavy atom. The van der Waals surface area contributed by atoms with Crippen molar-refractivity contribution in [2.75, 3.05) is 6.54 Å². The van der Waals surface area contributed by atoms with E-state index in [1.165, 1.54) is 24.8 Å². The second-order valence-corrected chi connectivity index (χ2v) is 5.80. The smallest absolute Gasteiger partial charge is 0.0453 e. The zero-order valence-electron chi connectivity index (χ0n) is 10.2. The topological polar surface area (TPSA) is 12.0 Å². The highest BCUT2D eigenvalue weighted by Gasteiger charge is 2.22. The van der Waals surface area contributed by atoms with Crippen LogP contribution in [0.2, 0.25) is 10.0 Å². The molecule has 17 heavy (non-hydrogen) atoms. The Kier molecular flexibility index (Phi) is 4.72. The quantitative estimate of drug-likeness (QED) is 0.861. The van der Waals surface area contributed by atoms with E-state index in [2.05, 4.69) is 12.2 Å². The molecule has 3 heteroatoms. The standard InChI is InChI=1S/C14H19Cl2N/c1-10-3-2-4-14(10)17-8-7-11-5-6-12(15)9-13(11)16/h5-6,9-10,14,17H,2-4,7-8H2,1H3. The normalized spacial score (nSPS) is 24.2. The number of benzene rings is 1. The summed E-state index contributed by atoms with van der Waals surface area (Å²) in [5.74, 6) is 0.815. The van der Waals surface area contributed by atoms with Crippen LogP contribution in [0, 0.1) is 5.92 Å². The molecule has 1 saturated carbocycles. The molecule has 0 aromatic heterocycles. The van der Waals surface area contributed by atoms with E-state index in [0.717, 1.165) is 23.9 Å². The second-order valence-electron chi connectivity index (χ2n) is 4.95. The lowest BCUT2D eigenvalue weighted by Gasteiger charge is -2.17. The molecular formula is C14H19Cl2N. The minimum atomic E-state index is 0.695. The van der Waals surface area contributed by atoms with Crippen LogP contribution in [0.25, 0.3) is 0 Å². The van der Waals surface area contributed by atoms with Crippen molar-refractivity contribution >= 4 is 23.2 Å². The molecule has 1 aromatic carbocycles. The van der Waals surface area contributed by atoms with Gasteiger partial charge in [0.2, 0.25) is 0 Å². The predicted molar refractivity (Wildman–Crippen MR) is 75.0 cm³/mol. The van der Waals surface area contributed by atoms with Gasteiger partial charge >= 0.3 is 0 Å². The molecular weight excluding hydrogens is 253 g/mol. The molecule has 0 spiro atoms. The summed E-state index contributed by atoms with van der Waals surface area (Å²) in [4.78, 5) is 0. The summed E-state index contributed by atoms with van der Waals surface area (Å²) < 4.78 is 0. The summed E-state index contributed by atoms with van der Waals surface area (Å²) in [6.07, 6.45) is 5.01. The molecule has 2 rings (SSSR count). The minimum Gasteiger partial charge on any atom is -0.313 e. The van der Waals surface area contributed by atoms with Crippen LogP contribution in [-0.2, 0) is 6.42 Å². The molecule has 2 unspecified atom stereocenters. The van der Waals surface area contributed by atoms with Crippen LogP contribution in [0.1, 0.15) is 31.7 Å². The zero-order chi connectivity index (χ0) is 12.3. The molecule has 2 atom stereocenters. The van der Waals surface area contributed by atoms with Crippen molar-refractivity contribution in [1.29, 1.82) is 0 Å². The first-order valence-electron chi connectivity index (χ1n) is 6.34. The van der Waals surface area contributed by atoms with Gasteiger partial charge in [0.1, 0.15) is 0 Å². The van der Waals surface area contributed by atoms with E-state index in [1.54, 1.807) is 0 Å². The highest BCUT2D eigenvalue weighted by molar-refractivity contribution is 6.35. The molecule has 1 N–H and O–H groups in total. The second kappa shape index (κ2) is 6.08. The summed E-state index contributed by atoms with van der Waals surface area (Å²) in [7, 11) is 0. The molecule has 1 nitrogen and oxygen atoms in total. The van der Waals surface area contributed by atoms with E-state index < -0.39 is 0 Å². The van der Waals surface area contributed by atoms with Crippen molar-refractivity contribution in [3.05, 3.63) is 33.8 Å². The van der Waals surface area contributed by atoms with Crippen LogP contribution in [0.4, 0.5) is 0 Å². The molecule has 1 aliphatic rings. The van der Waals surface area contributed by atoms with E-state index in [1.807, 2.05) is 18.2 Å². The number of halogens is 2. The van der Waals surface area contributed by atoms with Crippen LogP contribution in [0.15, 0.2) is 18.2 Å². The molecule has 0 amide bonds. The lowest BCUT2D eigenvalue weighted by Crippen LogP contribution is -2.32. The Morgan fingerprint density at radius 3 is 2.76 bits per heavy atom. The summed E-state index contributed by atoms with van der Waals surface area (Å²) in [5, 5.41) is 5.11. The van der Waals surface area contributed by atoms with Crippen molar-refractivity contribution in [1.82, 2.24) is 5.32 Å². The SMILES string of the molecule is CC1CCCC1NCCc1ccc(Cl)cc1Cl. The van der Waals surface area contributed by atoms with Crippen molar-refractivity contribution in [3.8, 4) is 0 Å². The molecule has 0 radical (unpaired) electrons. The highest BCUT2D eigenvalue weighted by Crippen LogP contribution is 2.25. The largest absolute Gasteiger partial charge is 0.313 e. The number of rotatable bonds is 4. The molecule has 0 saturated heterocycles. The first-order valence-corrected chi connectivity index (χ1v) is 7.09. The highest BCUT2D eigenvalue weighted by atomic mass is 35.5. The fourth-order valence-corrected chi connectivity index (χ4v) is 3.07. The first-order chi connectivity index (χ1) is 8.16. The molecule has 1 aromatic rings. The first kappa shape index (κ1) is 13.2. The Hall–Kier alpha value is -0.240. The van der Waals surface area contributed by atoms with E-state index in [-0.39, 0.29) is 0 Å².